The van der Waals surface area contributed by atoms with Crippen molar-refractivity contribution in [2.75, 3.05) is 4.90 Å². The predicted octanol–water partition coefficient (Wildman–Crippen LogP) is 13.0. The Kier molecular flexibility index (Phi) is 5.72. The van der Waals surface area contributed by atoms with Gasteiger partial charge in [-0.3, -0.25) is 0 Å². The van der Waals surface area contributed by atoms with Gasteiger partial charge in [-0.25, -0.2) is 0 Å². The average Bonchev–Trinajstić information content (AvgIpc) is 3.74. The van der Waals surface area contributed by atoms with Crippen LogP contribution in [0.1, 0.15) is 47.2 Å². The number of hydrogen-bond donors (Lipinski definition) is 0. The zero-order valence-electron chi connectivity index (χ0n) is 28.7. The van der Waals surface area contributed by atoms with Gasteiger partial charge in [-0.05, 0) is 102 Å². The van der Waals surface area contributed by atoms with E-state index < -0.39 is 5.41 Å². The molecule has 1 heteroatoms. The average molecular weight is 650 g/mol. The molecule has 11 rings (SSSR count). The molecule has 0 heterocycles. The van der Waals surface area contributed by atoms with Gasteiger partial charge >= 0.3 is 0 Å². The van der Waals surface area contributed by atoms with Crippen molar-refractivity contribution in [2.24, 2.45) is 0 Å². The second-order valence-corrected chi connectivity index (χ2v) is 14.9. The molecule has 0 atom stereocenters. The van der Waals surface area contributed by atoms with Gasteiger partial charge in [0.05, 0.1) is 11.1 Å². The molecule has 0 aliphatic heterocycles. The summed E-state index contributed by atoms with van der Waals surface area (Å²) in [4.78, 5) is 2.52. The van der Waals surface area contributed by atoms with E-state index in [4.69, 9.17) is 0 Å². The van der Waals surface area contributed by atoms with Crippen LogP contribution >= 0.6 is 0 Å². The molecule has 240 valence electrons. The van der Waals surface area contributed by atoms with Crippen molar-refractivity contribution >= 4 is 27.8 Å². The van der Waals surface area contributed by atoms with Gasteiger partial charge in [-0.1, -0.05) is 159 Å². The maximum atomic E-state index is 2.52. The number of benzene rings is 8. The minimum atomic E-state index is -0.397. The molecule has 0 radical (unpaired) electrons. The van der Waals surface area contributed by atoms with Crippen LogP contribution < -0.4 is 4.90 Å². The monoisotopic (exact) mass is 649 g/mol. The molecule has 1 spiro atoms. The highest BCUT2D eigenvalue weighted by Gasteiger charge is 2.52. The van der Waals surface area contributed by atoms with Crippen LogP contribution in [0.25, 0.3) is 44.2 Å². The van der Waals surface area contributed by atoms with Crippen molar-refractivity contribution in [1.29, 1.82) is 0 Å². The molecule has 3 aliphatic rings. The lowest BCUT2D eigenvalue weighted by Gasteiger charge is -2.32. The molecular weight excluding hydrogens is 615 g/mol. The van der Waals surface area contributed by atoms with E-state index in [1.165, 1.54) is 88.9 Å². The highest BCUT2D eigenvalue weighted by atomic mass is 15.1. The largest absolute Gasteiger partial charge is 0.310 e. The first-order valence-electron chi connectivity index (χ1n) is 18.0. The fourth-order valence-electron chi connectivity index (χ4n) is 9.89. The molecule has 8 aromatic carbocycles. The molecule has 0 unspecified atom stereocenters. The Morgan fingerprint density at radius 3 is 1.55 bits per heavy atom. The third-order valence-corrected chi connectivity index (χ3v) is 12.1. The van der Waals surface area contributed by atoms with Crippen LogP contribution in [0.2, 0.25) is 0 Å². The summed E-state index contributed by atoms with van der Waals surface area (Å²) >= 11 is 0. The third kappa shape index (κ3) is 3.65. The SMILES string of the molecule is CC1(C)c2ccccc2-c2ccc(N(c3ccc4ccccc4c3)c3cccc4c3-c3ccccc3C43c4ccccc4-c4ccccc43)cc21. The van der Waals surface area contributed by atoms with Crippen molar-refractivity contribution in [1.82, 2.24) is 0 Å². The van der Waals surface area contributed by atoms with E-state index in [9.17, 15) is 0 Å². The van der Waals surface area contributed by atoms with E-state index in [0.717, 1.165) is 5.69 Å². The molecule has 0 saturated carbocycles. The summed E-state index contributed by atoms with van der Waals surface area (Å²) in [5.41, 5.74) is 19.1. The lowest BCUT2D eigenvalue weighted by atomic mass is 9.70. The second kappa shape index (κ2) is 10.2. The minimum absolute atomic E-state index is 0.108. The highest BCUT2D eigenvalue weighted by Crippen LogP contribution is 2.64. The lowest BCUT2D eigenvalue weighted by molar-refractivity contribution is 0.660. The molecule has 0 bridgehead atoms. The van der Waals surface area contributed by atoms with Crippen LogP contribution in [0.15, 0.2) is 176 Å². The number of rotatable bonds is 3. The Balaban J connectivity index is 1.22. The fraction of sp³-hybridized carbons (Fsp3) is 0.0800. The molecule has 1 nitrogen and oxygen atoms in total. The topological polar surface area (TPSA) is 3.24 Å². The highest BCUT2D eigenvalue weighted by molar-refractivity contribution is 6.02. The van der Waals surface area contributed by atoms with Gasteiger partial charge in [0.2, 0.25) is 0 Å². The van der Waals surface area contributed by atoms with E-state index in [0.29, 0.717) is 0 Å². The van der Waals surface area contributed by atoms with Gasteiger partial charge in [0.15, 0.2) is 0 Å². The third-order valence-electron chi connectivity index (χ3n) is 12.1. The Bertz CT molecular complexity index is 2700. The van der Waals surface area contributed by atoms with Crippen LogP contribution in [0.3, 0.4) is 0 Å². The van der Waals surface area contributed by atoms with Crippen molar-refractivity contribution in [2.45, 2.75) is 24.7 Å². The molecule has 0 saturated heterocycles. The first-order chi connectivity index (χ1) is 25.1. The van der Waals surface area contributed by atoms with Crippen molar-refractivity contribution in [3.05, 3.63) is 209 Å². The summed E-state index contributed by atoms with van der Waals surface area (Å²) in [5, 5.41) is 2.48. The van der Waals surface area contributed by atoms with Gasteiger partial charge < -0.3 is 4.90 Å². The van der Waals surface area contributed by atoms with E-state index in [1.54, 1.807) is 0 Å². The predicted molar refractivity (Wildman–Crippen MR) is 212 cm³/mol. The maximum Gasteiger partial charge on any atom is 0.0726 e. The number of hydrogen-bond acceptors (Lipinski definition) is 1. The quantitative estimate of drug-likeness (QED) is 0.184. The number of anilines is 3. The van der Waals surface area contributed by atoms with Crippen LogP contribution in [-0.4, -0.2) is 0 Å². The normalized spacial score (nSPS) is 14.8. The standard InChI is InChI=1S/C50H35N/c1-49(2)41-20-9-5-16-36(41)39-29-28-35(31-46(39)49)51(34-27-26-32-14-3-4-15-33(32)30-34)47-25-13-24-45-48(47)40-19-8-12-23-44(40)50(45)42-21-10-6-17-37(42)38-18-7-11-22-43(38)50/h3-31H,1-2H3. The minimum Gasteiger partial charge on any atom is -0.310 e. The fourth-order valence-corrected chi connectivity index (χ4v) is 9.89. The summed E-state index contributed by atoms with van der Waals surface area (Å²) in [5.74, 6) is 0. The van der Waals surface area contributed by atoms with Gasteiger partial charge in [0, 0.05) is 22.4 Å². The first kappa shape index (κ1) is 28.6. The smallest absolute Gasteiger partial charge is 0.0726 e. The van der Waals surface area contributed by atoms with E-state index >= 15 is 0 Å². The summed E-state index contributed by atoms with van der Waals surface area (Å²) in [6, 6.07) is 65.9. The van der Waals surface area contributed by atoms with E-state index in [-0.39, 0.29) is 5.41 Å². The van der Waals surface area contributed by atoms with Crippen molar-refractivity contribution < 1.29 is 0 Å². The van der Waals surface area contributed by atoms with Gasteiger partial charge in [-0.15, -0.1) is 0 Å². The first-order valence-corrected chi connectivity index (χ1v) is 18.0. The number of nitrogens with zero attached hydrogens (tertiary/aromatic N) is 1. The van der Waals surface area contributed by atoms with Crippen LogP contribution in [0, 0.1) is 0 Å². The van der Waals surface area contributed by atoms with Gasteiger partial charge in [0.25, 0.3) is 0 Å². The van der Waals surface area contributed by atoms with Gasteiger partial charge in [-0.2, -0.15) is 0 Å². The molecule has 0 N–H and O–H groups in total. The van der Waals surface area contributed by atoms with Gasteiger partial charge in [0.1, 0.15) is 0 Å². The Morgan fingerprint density at radius 2 is 0.843 bits per heavy atom. The Hall–Kier alpha value is -6.18. The van der Waals surface area contributed by atoms with Crippen molar-refractivity contribution in [3.8, 4) is 33.4 Å². The number of fused-ring (bicyclic) bond motifs is 14. The van der Waals surface area contributed by atoms with E-state index in [1.807, 2.05) is 0 Å². The maximum absolute atomic E-state index is 2.52. The summed E-state index contributed by atoms with van der Waals surface area (Å²) in [6.07, 6.45) is 0. The molecule has 8 aromatic rings. The lowest BCUT2D eigenvalue weighted by Crippen LogP contribution is -2.26. The molecule has 0 amide bonds. The Morgan fingerprint density at radius 1 is 0.353 bits per heavy atom. The molecule has 3 aliphatic carbocycles. The van der Waals surface area contributed by atoms with Crippen LogP contribution in [-0.2, 0) is 10.8 Å². The van der Waals surface area contributed by atoms with Crippen LogP contribution in [0.4, 0.5) is 17.1 Å². The van der Waals surface area contributed by atoms with Crippen LogP contribution in [0.5, 0.6) is 0 Å². The van der Waals surface area contributed by atoms with E-state index in [2.05, 4.69) is 195 Å². The second-order valence-electron chi connectivity index (χ2n) is 14.9. The molecule has 0 fully saturated rings. The Labute approximate surface area is 299 Å². The molecule has 51 heavy (non-hydrogen) atoms. The van der Waals surface area contributed by atoms with Crippen molar-refractivity contribution in [3.63, 3.8) is 0 Å². The zero-order chi connectivity index (χ0) is 33.9. The molecular formula is C50H35N. The summed E-state index contributed by atoms with van der Waals surface area (Å²) < 4.78 is 0. The summed E-state index contributed by atoms with van der Waals surface area (Å²) in [7, 11) is 0. The summed E-state index contributed by atoms with van der Waals surface area (Å²) in [6.45, 7) is 4.74. The zero-order valence-corrected chi connectivity index (χ0v) is 28.7. The molecule has 0 aromatic heterocycles.